The van der Waals surface area contributed by atoms with Gasteiger partial charge >= 0.3 is 0 Å². The Morgan fingerprint density at radius 2 is 1.00 bits per heavy atom. The van der Waals surface area contributed by atoms with Crippen molar-refractivity contribution < 1.29 is 5.11 Å². The maximum atomic E-state index is 11.5. The van der Waals surface area contributed by atoms with Crippen LogP contribution in [0.1, 0.15) is 11.1 Å². The topological polar surface area (TPSA) is 46.0 Å². The Kier molecular flexibility index (Phi) is 7.51. The number of phenols is 1. The van der Waals surface area contributed by atoms with E-state index in [1.54, 1.807) is 0 Å². The average Bonchev–Trinajstić information content (AvgIpc) is 3.10. The highest BCUT2D eigenvalue weighted by atomic mass is 16.3. The van der Waals surface area contributed by atoms with Gasteiger partial charge in [-0.1, -0.05) is 121 Å². The third-order valence-electron chi connectivity index (χ3n) is 7.89. The number of aromatic nitrogens is 2. The number of aromatic hydroxyl groups is 1. The van der Waals surface area contributed by atoms with Crippen molar-refractivity contribution in [3.05, 3.63) is 175 Å². The van der Waals surface area contributed by atoms with E-state index in [0.29, 0.717) is 12.0 Å². The summed E-state index contributed by atoms with van der Waals surface area (Å²) in [4.78, 5) is 9.83. The first-order chi connectivity index (χ1) is 21.7. The molecule has 0 saturated carbocycles. The average molecular weight is 567 g/mol. The van der Waals surface area contributed by atoms with Crippen LogP contribution in [0.2, 0.25) is 0 Å². The first kappa shape index (κ1) is 27.1. The highest BCUT2D eigenvalue weighted by Crippen LogP contribution is 2.37. The molecule has 0 fully saturated rings. The summed E-state index contributed by atoms with van der Waals surface area (Å²) in [6.07, 6.45) is 2.50. The Morgan fingerprint density at radius 3 is 1.73 bits per heavy atom. The van der Waals surface area contributed by atoms with Crippen molar-refractivity contribution >= 4 is 0 Å². The first-order valence-corrected chi connectivity index (χ1v) is 14.8. The molecular formula is C41H30N2O. The third kappa shape index (κ3) is 5.77. The zero-order valence-corrected chi connectivity index (χ0v) is 24.1. The van der Waals surface area contributed by atoms with Crippen LogP contribution in [0.15, 0.2) is 164 Å². The minimum Gasteiger partial charge on any atom is -0.507 e. The molecular weight excluding hydrogens is 536 g/mol. The first-order valence-electron chi connectivity index (χ1n) is 14.8. The van der Waals surface area contributed by atoms with Gasteiger partial charge in [0.1, 0.15) is 5.75 Å². The summed E-state index contributed by atoms with van der Waals surface area (Å²) in [7, 11) is 0. The Balaban J connectivity index is 1.32. The van der Waals surface area contributed by atoms with Crippen LogP contribution in [0.5, 0.6) is 5.75 Å². The summed E-state index contributed by atoms with van der Waals surface area (Å²) in [5.41, 5.74) is 11.6. The molecule has 44 heavy (non-hydrogen) atoms. The second-order valence-electron chi connectivity index (χ2n) is 10.8. The fourth-order valence-electron chi connectivity index (χ4n) is 5.61. The summed E-state index contributed by atoms with van der Waals surface area (Å²) in [5, 5.41) is 11.5. The number of para-hydroxylation sites is 1. The molecule has 7 aromatic rings. The fraction of sp³-hybridized carbons (Fsp3) is 0.0244. The maximum Gasteiger partial charge on any atom is 0.128 e. The van der Waals surface area contributed by atoms with E-state index in [4.69, 9.17) is 9.97 Å². The molecule has 2 heterocycles. The van der Waals surface area contributed by atoms with E-state index in [1.165, 1.54) is 0 Å². The van der Waals surface area contributed by atoms with Crippen LogP contribution in [0, 0.1) is 0 Å². The number of hydrogen-bond acceptors (Lipinski definition) is 3. The molecule has 0 atom stereocenters. The van der Waals surface area contributed by atoms with Crippen molar-refractivity contribution in [1.29, 1.82) is 0 Å². The summed E-state index contributed by atoms with van der Waals surface area (Å²) in [6, 6.07) is 53.5. The van der Waals surface area contributed by atoms with E-state index < -0.39 is 0 Å². The van der Waals surface area contributed by atoms with Crippen LogP contribution < -0.4 is 0 Å². The van der Waals surface area contributed by atoms with Gasteiger partial charge in [-0.25, -0.2) is 4.98 Å². The quantitative estimate of drug-likeness (QED) is 0.209. The van der Waals surface area contributed by atoms with Gasteiger partial charge < -0.3 is 5.11 Å². The molecule has 0 saturated heterocycles. The van der Waals surface area contributed by atoms with E-state index in [2.05, 4.69) is 78.9 Å². The number of hydrogen-bond donors (Lipinski definition) is 1. The van der Waals surface area contributed by atoms with Gasteiger partial charge in [0.25, 0.3) is 0 Å². The summed E-state index contributed by atoms with van der Waals surface area (Å²) in [6.45, 7) is 0. The molecule has 3 nitrogen and oxygen atoms in total. The minimum atomic E-state index is 0.260. The summed E-state index contributed by atoms with van der Waals surface area (Å²) < 4.78 is 0. The molecule has 3 heteroatoms. The van der Waals surface area contributed by atoms with E-state index in [-0.39, 0.29) is 5.75 Å². The van der Waals surface area contributed by atoms with Crippen LogP contribution in [-0.4, -0.2) is 15.1 Å². The zero-order valence-electron chi connectivity index (χ0n) is 24.1. The molecule has 0 unspecified atom stereocenters. The second-order valence-corrected chi connectivity index (χ2v) is 10.8. The molecule has 0 bridgehead atoms. The molecule has 0 spiro atoms. The SMILES string of the molecule is Oc1c(Cc2ccccc2)cccc1-c1cc(-c2ccccc2)cc(-c2cccc(-c3cc(-c4ccccc4)ccn3)c2)n1. The summed E-state index contributed by atoms with van der Waals surface area (Å²) in [5.74, 6) is 0.260. The normalized spacial score (nSPS) is 10.9. The highest BCUT2D eigenvalue weighted by Gasteiger charge is 2.15. The van der Waals surface area contributed by atoms with Crippen molar-refractivity contribution in [1.82, 2.24) is 9.97 Å². The lowest BCUT2D eigenvalue weighted by atomic mass is 9.96. The summed E-state index contributed by atoms with van der Waals surface area (Å²) >= 11 is 0. The van der Waals surface area contributed by atoms with E-state index in [9.17, 15) is 5.11 Å². The lowest BCUT2D eigenvalue weighted by Crippen LogP contribution is -1.95. The van der Waals surface area contributed by atoms with Crippen LogP contribution in [0.4, 0.5) is 0 Å². The molecule has 0 radical (unpaired) electrons. The van der Waals surface area contributed by atoms with Gasteiger partial charge in [-0.05, 0) is 69.8 Å². The van der Waals surface area contributed by atoms with Crippen molar-refractivity contribution in [2.24, 2.45) is 0 Å². The number of pyridine rings is 2. The van der Waals surface area contributed by atoms with Gasteiger partial charge in [0, 0.05) is 29.3 Å². The Hall–Kier alpha value is -5.80. The van der Waals surface area contributed by atoms with E-state index >= 15 is 0 Å². The zero-order chi connectivity index (χ0) is 29.7. The smallest absolute Gasteiger partial charge is 0.128 e. The molecule has 1 N–H and O–H groups in total. The lowest BCUT2D eigenvalue weighted by Gasteiger charge is -2.14. The van der Waals surface area contributed by atoms with Crippen molar-refractivity contribution in [3.63, 3.8) is 0 Å². The molecule has 5 aromatic carbocycles. The molecule has 7 rings (SSSR count). The largest absolute Gasteiger partial charge is 0.507 e. The Labute approximate surface area is 257 Å². The van der Waals surface area contributed by atoms with Gasteiger partial charge in [0.15, 0.2) is 0 Å². The van der Waals surface area contributed by atoms with Gasteiger partial charge in [0.2, 0.25) is 0 Å². The van der Waals surface area contributed by atoms with Gasteiger partial charge in [0.05, 0.1) is 17.1 Å². The predicted octanol–water partition coefficient (Wildman–Crippen LogP) is 10.1. The predicted molar refractivity (Wildman–Crippen MR) is 180 cm³/mol. The second kappa shape index (κ2) is 12.2. The number of benzene rings is 5. The van der Waals surface area contributed by atoms with Crippen molar-refractivity contribution in [2.45, 2.75) is 6.42 Å². The monoisotopic (exact) mass is 566 g/mol. The number of nitrogens with zero attached hydrogens (tertiary/aromatic N) is 2. The minimum absolute atomic E-state index is 0.260. The van der Waals surface area contributed by atoms with Gasteiger partial charge in [-0.15, -0.1) is 0 Å². The molecule has 0 aliphatic carbocycles. The third-order valence-corrected chi connectivity index (χ3v) is 7.89. The van der Waals surface area contributed by atoms with Crippen molar-refractivity contribution in [2.75, 3.05) is 0 Å². The van der Waals surface area contributed by atoms with Crippen molar-refractivity contribution in [3.8, 4) is 61.8 Å². The van der Waals surface area contributed by atoms with Crippen LogP contribution in [-0.2, 0) is 6.42 Å². The van der Waals surface area contributed by atoms with Gasteiger partial charge in [-0.3, -0.25) is 4.98 Å². The molecule has 2 aromatic heterocycles. The Morgan fingerprint density at radius 1 is 0.432 bits per heavy atom. The number of phenolic OH excluding ortho intramolecular Hbond substituents is 1. The fourth-order valence-corrected chi connectivity index (χ4v) is 5.61. The van der Waals surface area contributed by atoms with Crippen LogP contribution in [0.3, 0.4) is 0 Å². The molecule has 210 valence electrons. The lowest BCUT2D eigenvalue weighted by molar-refractivity contribution is 0.471. The van der Waals surface area contributed by atoms with Crippen LogP contribution >= 0.6 is 0 Å². The van der Waals surface area contributed by atoms with Crippen LogP contribution in [0.25, 0.3) is 56.0 Å². The highest BCUT2D eigenvalue weighted by molar-refractivity contribution is 5.81. The molecule has 0 aliphatic heterocycles. The van der Waals surface area contributed by atoms with E-state index in [0.717, 1.165) is 61.6 Å². The van der Waals surface area contributed by atoms with E-state index in [1.807, 2.05) is 85.1 Å². The maximum absolute atomic E-state index is 11.5. The number of rotatable bonds is 7. The van der Waals surface area contributed by atoms with Gasteiger partial charge in [-0.2, -0.15) is 0 Å². The molecule has 0 amide bonds. The molecule has 0 aliphatic rings. The Bertz CT molecular complexity index is 2040. The standard InChI is InChI=1S/C41H30N2O/c44-41-35(24-29-12-4-1-5-13-29)20-11-21-37(41)40-28-36(31-16-8-3-9-17-31)27-39(43-40)34-19-10-18-33(25-34)38-26-32(22-23-42-38)30-14-6-2-7-15-30/h1-23,25-28,44H,24H2.